The Balaban J connectivity index is 2.18. The predicted octanol–water partition coefficient (Wildman–Crippen LogP) is 1.73. The van der Waals surface area contributed by atoms with Crippen molar-refractivity contribution in [3.05, 3.63) is 41.9 Å². The summed E-state index contributed by atoms with van der Waals surface area (Å²) in [5, 5.41) is 8.92. The van der Waals surface area contributed by atoms with Crippen LogP contribution in [0.4, 0.5) is 0 Å². The molecule has 0 saturated carbocycles. The molecule has 2 heterocycles. The van der Waals surface area contributed by atoms with Gasteiger partial charge in [-0.3, -0.25) is 0 Å². The fraction of sp³-hybridized carbons (Fsp3) is 0.0833. The van der Waals surface area contributed by atoms with E-state index in [1.807, 2.05) is 0 Å². The largest absolute Gasteiger partial charge is 0.485 e. The zero-order chi connectivity index (χ0) is 11.8. The van der Waals surface area contributed by atoms with Gasteiger partial charge in [-0.15, -0.1) is 0 Å². The minimum atomic E-state index is -0.943. The van der Waals surface area contributed by atoms with E-state index in [-0.39, 0.29) is 5.56 Å². The first-order valence-corrected chi connectivity index (χ1v) is 5.05. The predicted molar refractivity (Wildman–Crippen MR) is 58.8 cm³/mol. The first-order valence-electron chi connectivity index (χ1n) is 5.05. The Kier molecular flexibility index (Phi) is 2.04. The van der Waals surface area contributed by atoms with Crippen LogP contribution in [0.3, 0.4) is 0 Å². The summed E-state index contributed by atoms with van der Waals surface area (Å²) >= 11 is 0. The minimum Gasteiger partial charge on any atom is -0.485 e. The van der Waals surface area contributed by atoms with Gasteiger partial charge in [-0.2, -0.15) is 0 Å². The lowest BCUT2D eigenvalue weighted by atomic mass is 9.99. The van der Waals surface area contributed by atoms with Gasteiger partial charge in [0.05, 0.1) is 11.8 Å². The van der Waals surface area contributed by atoms with E-state index < -0.39 is 5.97 Å². The molecule has 1 N–H and O–H groups in total. The van der Waals surface area contributed by atoms with Crippen LogP contribution in [0.2, 0.25) is 0 Å². The number of hydrogen-bond donors (Lipinski definition) is 1. The van der Waals surface area contributed by atoms with Crippen LogP contribution in [-0.4, -0.2) is 21.0 Å². The lowest BCUT2D eigenvalue weighted by Gasteiger charge is -2.19. The summed E-state index contributed by atoms with van der Waals surface area (Å²) in [6.07, 6.45) is 3.05. The summed E-state index contributed by atoms with van der Waals surface area (Å²) < 4.78 is 5.47. The molecule has 5 heteroatoms. The Bertz CT molecular complexity index is 610. The van der Waals surface area contributed by atoms with Gasteiger partial charge in [-0.05, 0) is 17.7 Å². The highest BCUT2D eigenvalue weighted by atomic mass is 16.5. The van der Waals surface area contributed by atoms with Gasteiger partial charge in [-0.25, -0.2) is 14.8 Å². The maximum absolute atomic E-state index is 10.9. The minimum absolute atomic E-state index is 0.254. The van der Waals surface area contributed by atoms with Crippen LogP contribution in [0, 0.1) is 0 Å². The van der Waals surface area contributed by atoms with E-state index in [1.54, 1.807) is 24.4 Å². The monoisotopic (exact) mass is 228 g/mol. The average molecular weight is 228 g/mol. The fourth-order valence-corrected chi connectivity index (χ4v) is 1.86. The van der Waals surface area contributed by atoms with Crippen molar-refractivity contribution in [2.45, 2.75) is 6.61 Å². The number of carboxylic acid groups (broad SMARTS) is 1. The fourth-order valence-electron chi connectivity index (χ4n) is 1.86. The number of ether oxygens (including phenoxy) is 1. The molecule has 84 valence electrons. The molecule has 1 aromatic heterocycles. The molecular weight excluding hydrogens is 220 g/mol. The number of aromatic nitrogens is 2. The van der Waals surface area contributed by atoms with Gasteiger partial charge in [0.15, 0.2) is 5.75 Å². The number of nitrogens with zero attached hydrogens (tertiary/aromatic N) is 2. The molecule has 0 aliphatic carbocycles. The maximum Gasteiger partial charge on any atom is 0.335 e. The standard InChI is InChI=1S/C12H8N2O3/c15-12(16)7-1-2-9-8(3-7)5-17-10-4-13-6-14-11(9)10/h1-4,6H,5H2,(H,15,16). The van der Waals surface area contributed by atoms with Gasteiger partial charge in [-0.1, -0.05) is 6.07 Å². The molecule has 0 spiro atoms. The SMILES string of the molecule is O=C(O)c1ccc2c(c1)COc1cncnc1-2. The van der Waals surface area contributed by atoms with Crippen LogP contribution in [0.1, 0.15) is 15.9 Å². The Morgan fingerprint density at radius 1 is 1.41 bits per heavy atom. The Hall–Kier alpha value is -2.43. The van der Waals surface area contributed by atoms with Crippen molar-refractivity contribution in [2.24, 2.45) is 0 Å². The van der Waals surface area contributed by atoms with Gasteiger partial charge in [0.1, 0.15) is 18.6 Å². The van der Waals surface area contributed by atoms with Crippen LogP contribution in [-0.2, 0) is 6.61 Å². The van der Waals surface area contributed by atoms with Gasteiger partial charge >= 0.3 is 5.97 Å². The summed E-state index contributed by atoms with van der Waals surface area (Å²) in [5.74, 6) is -0.315. The average Bonchev–Trinajstić information content (AvgIpc) is 2.38. The van der Waals surface area contributed by atoms with E-state index in [2.05, 4.69) is 9.97 Å². The first kappa shape index (κ1) is 9.77. The van der Waals surface area contributed by atoms with E-state index in [1.165, 1.54) is 6.33 Å². The van der Waals surface area contributed by atoms with Crippen molar-refractivity contribution >= 4 is 5.97 Å². The van der Waals surface area contributed by atoms with Crippen LogP contribution in [0.15, 0.2) is 30.7 Å². The van der Waals surface area contributed by atoms with Crippen LogP contribution < -0.4 is 4.74 Å². The molecule has 1 aliphatic rings. The first-order chi connectivity index (χ1) is 8.25. The molecule has 2 aromatic rings. The van der Waals surface area contributed by atoms with Crippen molar-refractivity contribution in [2.75, 3.05) is 0 Å². The summed E-state index contributed by atoms with van der Waals surface area (Å²) in [6, 6.07) is 4.94. The molecule has 17 heavy (non-hydrogen) atoms. The molecule has 0 atom stereocenters. The molecule has 0 saturated heterocycles. The van der Waals surface area contributed by atoms with Gasteiger partial charge in [0.25, 0.3) is 0 Å². The second-order valence-corrected chi connectivity index (χ2v) is 3.70. The third kappa shape index (κ3) is 1.52. The van der Waals surface area contributed by atoms with E-state index in [9.17, 15) is 4.79 Å². The Labute approximate surface area is 96.7 Å². The Morgan fingerprint density at radius 2 is 2.29 bits per heavy atom. The molecule has 3 rings (SSSR count). The molecule has 0 unspecified atom stereocenters. The number of carbonyl (C=O) groups is 1. The topological polar surface area (TPSA) is 72.3 Å². The van der Waals surface area contributed by atoms with E-state index in [4.69, 9.17) is 9.84 Å². The number of hydrogen-bond acceptors (Lipinski definition) is 4. The maximum atomic E-state index is 10.9. The summed E-state index contributed by atoms with van der Waals surface area (Å²) in [4.78, 5) is 18.9. The van der Waals surface area contributed by atoms with Crippen LogP contribution in [0.5, 0.6) is 5.75 Å². The Morgan fingerprint density at radius 3 is 3.12 bits per heavy atom. The van der Waals surface area contributed by atoms with Crippen LogP contribution >= 0.6 is 0 Å². The lowest BCUT2D eigenvalue weighted by molar-refractivity contribution is 0.0696. The molecule has 1 aromatic carbocycles. The van der Waals surface area contributed by atoms with Crippen molar-refractivity contribution in [3.63, 3.8) is 0 Å². The smallest absolute Gasteiger partial charge is 0.335 e. The molecule has 5 nitrogen and oxygen atoms in total. The molecule has 0 bridgehead atoms. The summed E-state index contributed by atoms with van der Waals surface area (Å²) in [7, 11) is 0. The zero-order valence-corrected chi connectivity index (χ0v) is 8.75. The molecular formula is C12H8N2O3. The normalized spacial score (nSPS) is 12.2. The van der Waals surface area contributed by atoms with E-state index >= 15 is 0 Å². The van der Waals surface area contributed by atoms with Crippen molar-refractivity contribution < 1.29 is 14.6 Å². The highest BCUT2D eigenvalue weighted by molar-refractivity contribution is 5.89. The number of fused-ring (bicyclic) bond motifs is 3. The summed E-state index contributed by atoms with van der Waals surface area (Å²) in [6.45, 7) is 0.344. The molecule has 1 aliphatic heterocycles. The van der Waals surface area contributed by atoms with Crippen LogP contribution in [0.25, 0.3) is 11.3 Å². The number of rotatable bonds is 1. The van der Waals surface area contributed by atoms with Crippen molar-refractivity contribution in [1.29, 1.82) is 0 Å². The number of carboxylic acids is 1. The number of aromatic carboxylic acids is 1. The molecule has 0 fully saturated rings. The third-order valence-electron chi connectivity index (χ3n) is 2.67. The quantitative estimate of drug-likeness (QED) is 0.804. The zero-order valence-electron chi connectivity index (χ0n) is 8.75. The van der Waals surface area contributed by atoms with Crippen molar-refractivity contribution in [3.8, 4) is 17.0 Å². The second-order valence-electron chi connectivity index (χ2n) is 3.70. The molecule has 0 amide bonds. The highest BCUT2D eigenvalue weighted by Gasteiger charge is 2.19. The third-order valence-corrected chi connectivity index (χ3v) is 2.67. The van der Waals surface area contributed by atoms with E-state index in [0.29, 0.717) is 18.1 Å². The molecule has 0 radical (unpaired) electrons. The summed E-state index contributed by atoms with van der Waals surface area (Å²) in [5.41, 5.74) is 2.69. The van der Waals surface area contributed by atoms with Crippen molar-refractivity contribution in [1.82, 2.24) is 9.97 Å². The van der Waals surface area contributed by atoms with Gasteiger partial charge in [0, 0.05) is 5.56 Å². The second kappa shape index (κ2) is 3.55. The lowest BCUT2D eigenvalue weighted by Crippen LogP contribution is -2.09. The van der Waals surface area contributed by atoms with Gasteiger partial charge in [0.2, 0.25) is 0 Å². The van der Waals surface area contributed by atoms with E-state index in [0.717, 1.165) is 11.1 Å². The van der Waals surface area contributed by atoms with Gasteiger partial charge < -0.3 is 9.84 Å². The number of benzene rings is 1. The highest BCUT2D eigenvalue weighted by Crippen LogP contribution is 2.35.